The average Bonchev–Trinajstić information content (AvgIpc) is 2.78. The minimum absolute atomic E-state index is 0.468. The van der Waals surface area contributed by atoms with Crippen molar-refractivity contribution in [3.05, 3.63) is 29.6 Å². The van der Waals surface area contributed by atoms with Crippen molar-refractivity contribution in [2.45, 2.75) is 65.8 Å². The van der Waals surface area contributed by atoms with Gasteiger partial charge in [-0.05, 0) is 48.8 Å². The number of aryl methyl sites for hydroxylation is 1. The predicted molar refractivity (Wildman–Crippen MR) is 85.9 cm³/mol. The Morgan fingerprint density at radius 2 is 2.15 bits per heavy atom. The van der Waals surface area contributed by atoms with Gasteiger partial charge in [-0.1, -0.05) is 40.2 Å². The van der Waals surface area contributed by atoms with E-state index in [1.807, 2.05) is 6.20 Å². The standard InChI is InChI=1S/C18H30N2/c1-5-14-9-10-15(20-13-14)12-17(19-6-2)16-8-7-11-18(16,3)4/h9-10,13,16-17,19H,5-8,11-12H2,1-4H3. The van der Waals surface area contributed by atoms with Crippen molar-refractivity contribution in [1.29, 1.82) is 0 Å². The van der Waals surface area contributed by atoms with Crippen molar-refractivity contribution in [3.63, 3.8) is 0 Å². The fraction of sp³-hybridized carbons (Fsp3) is 0.722. The molecule has 0 amide bonds. The van der Waals surface area contributed by atoms with Gasteiger partial charge in [0, 0.05) is 24.4 Å². The van der Waals surface area contributed by atoms with Gasteiger partial charge in [0.25, 0.3) is 0 Å². The minimum Gasteiger partial charge on any atom is -0.314 e. The molecule has 1 fully saturated rings. The van der Waals surface area contributed by atoms with Gasteiger partial charge in [0.05, 0.1) is 0 Å². The fourth-order valence-corrected chi connectivity index (χ4v) is 3.73. The third-order valence-electron chi connectivity index (χ3n) is 5.02. The van der Waals surface area contributed by atoms with Crippen LogP contribution in [0.15, 0.2) is 18.3 Å². The minimum atomic E-state index is 0.468. The molecular formula is C18H30N2. The highest BCUT2D eigenvalue weighted by Gasteiger charge is 2.39. The number of rotatable bonds is 6. The Balaban J connectivity index is 2.08. The molecule has 2 atom stereocenters. The van der Waals surface area contributed by atoms with Crippen molar-refractivity contribution >= 4 is 0 Å². The Labute approximate surface area is 124 Å². The molecule has 112 valence electrons. The van der Waals surface area contributed by atoms with Crippen molar-refractivity contribution in [1.82, 2.24) is 10.3 Å². The highest BCUT2D eigenvalue weighted by molar-refractivity contribution is 5.15. The van der Waals surface area contributed by atoms with Crippen LogP contribution in [0.2, 0.25) is 0 Å². The number of aromatic nitrogens is 1. The molecule has 1 aromatic rings. The van der Waals surface area contributed by atoms with E-state index in [1.165, 1.54) is 30.5 Å². The van der Waals surface area contributed by atoms with E-state index in [0.29, 0.717) is 11.5 Å². The number of pyridine rings is 1. The summed E-state index contributed by atoms with van der Waals surface area (Å²) in [5.41, 5.74) is 3.03. The van der Waals surface area contributed by atoms with E-state index in [4.69, 9.17) is 0 Å². The lowest BCUT2D eigenvalue weighted by Crippen LogP contribution is -2.42. The third kappa shape index (κ3) is 3.60. The first-order valence-corrected chi connectivity index (χ1v) is 8.24. The maximum Gasteiger partial charge on any atom is 0.0419 e. The molecule has 20 heavy (non-hydrogen) atoms. The molecule has 0 spiro atoms. The van der Waals surface area contributed by atoms with Gasteiger partial charge in [-0.25, -0.2) is 0 Å². The predicted octanol–water partition coefficient (Wildman–Crippen LogP) is 3.99. The van der Waals surface area contributed by atoms with Crippen LogP contribution in [-0.4, -0.2) is 17.6 Å². The van der Waals surface area contributed by atoms with E-state index >= 15 is 0 Å². The summed E-state index contributed by atoms with van der Waals surface area (Å²) >= 11 is 0. The number of hydrogen-bond acceptors (Lipinski definition) is 2. The molecule has 1 N–H and O–H groups in total. The molecule has 2 unspecified atom stereocenters. The molecule has 1 heterocycles. The Morgan fingerprint density at radius 3 is 2.65 bits per heavy atom. The Kier molecular flexibility index (Phi) is 5.20. The second-order valence-corrected chi connectivity index (χ2v) is 6.87. The molecule has 1 aromatic heterocycles. The summed E-state index contributed by atoms with van der Waals surface area (Å²) < 4.78 is 0. The highest BCUT2D eigenvalue weighted by Crippen LogP contribution is 2.44. The lowest BCUT2D eigenvalue weighted by Gasteiger charge is -2.34. The van der Waals surface area contributed by atoms with Gasteiger partial charge < -0.3 is 5.32 Å². The number of hydrogen-bond donors (Lipinski definition) is 1. The fourth-order valence-electron chi connectivity index (χ4n) is 3.73. The molecule has 0 saturated heterocycles. The summed E-state index contributed by atoms with van der Waals surface area (Å²) in [6, 6.07) is 5.01. The van der Waals surface area contributed by atoms with Gasteiger partial charge in [0.15, 0.2) is 0 Å². The van der Waals surface area contributed by atoms with Crippen LogP contribution in [0, 0.1) is 11.3 Å². The number of nitrogens with zero attached hydrogens (tertiary/aromatic N) is 1. The Hall–Kier alpha value is -0.890. The van der Waals surface area contributed by atoms with Gasteiger partial charge in [0.1, 0.15) is 0 Å². The lowest BCUT2D eigenvalue weighted by molar-refractivity contribution is 0.196. The molecule has 0 bridgehead atoms. The van der Waals surface area contributed by atoms with Crippen LogP contribution in [0.4, 0.5) is 0 Å². The summed E-state index contributed by atoms with van der Waals surface area (Å²) in [6.07, 6.45) is 8.27. The smallest absolute Gasteiger partial charge is 0.0419 e. The molecular weight excluding hydrogens is 244 g/mol. The normalized spacial score (nSPS) is 22.9. The summed E-state index contributed by atoms with van der Waals surface area (Å²) in [4.78, 5) is 4.65. The summed E-state index contributed by atoms with van der Waals surface area (Å²) in [7, 11) is 0. The second-order valence-electron chi connectivity index (χ2n) is 6.87. The van der Waals surface area contributed by atoms with Crippen LogP contribution >= 0.6 is 0 Å². The Bertz CT molecular complexity index is 408. The molecule has 1 aliphatic carbocycles. The molecule has 0 aliphatic heterocycles. The lowest BCUT2D eigenvalue weighted by atomic mass is 9.76. The molecule has 0 radical (unpaired) electrons. The second kappa shape index (κ2) is 6.71. The first-order valence-electron chi connectivity index (χ1n) is 8.24. The van der Waals surface area contributed by atoms with E-state index in [2.05, 4.69) is 50.1 Å². The summed E-state index contributed by atoms with van der Waals surface area (Å²) in [5.74, 6) is 0.773. The molecule has 1 aliphatic rings. The largest absolute Gasteiger partial charge is 0.314 e. The van der Waals surface area contributed by atoms with E-state index in [9.17, 15) is 0 Å². The van der Waals surface area contributed by atoms with Crippen LogP contribution in [0.25, 0.3) is 0 Å². The van der Waals surface area contributed by atoms with Crippen LogP contribution in [0.3, 0.4) is 0 Å². The number of likely N-dealkylation sites (N-methyl/N-ethyl adjacent to an activating group) is 1. The van der Waals surface area contributed by atoms with Gasteiger partial charge in [-0.3, -0.25) is 4.98 Å². The first-order chi connectivity index (χ1) is 9.56. The Morgan fingerprint density at radius 1 is 1.35 bits per heavy atom. The highest BCUT2D eigenvalue weighted by atomic mass is 14.9. The molecule has 2 heteroatoms. The zero-order valence-corrected chi connectivity index (χ0v) is 13.6. The van der Waals surface area contributed by atoms with E-state index < -0.39 is 0 Å². The maximum atomic E-state index is 4.65. The SMILES string of the molecule is CCNC(Cc1ccc(CC)cn1)C1CCCC1(C)C. The summed E-state index contributed by atoms with van der Waals surface area (Å²) in [6.45, 7) is 10.3. The van der Waals surface area contributed by atoms with Gasteiger partial charge in [-0.15, -0.1) is 0 Å². The topological polar surface area (TPSA) is 24.9 Å². The van der Waals surface area contributed by atoms with Gasteiger partial charge in [-0.2, -0.15) is 0 Å². The molecule has 1 saturated carbocycles. The average molecular weight is 274 g/mol. The molecule has 2 nitrogen and oxygen atoms in total. The molecule has 0 aromatic carbocycles. The zero-order valence-electron chi connectivity index (χ0n) is 13.6. The van der Waals surface area contributed by atoms with E-state index in [-0.39, 0.29) is 0 Å². The van der Waals surface area contributed by atoms with Crippen LogP contribution in [0.1, 0.15) is 58.2 Å². The van der Waals surface area contributed by atoms with Crippen LogP contribution in [-0.2, 0) is 12.8 Å². The number of nitrogens with one attached hydrogen (secondary N) is 1. The third-order valence-corrected chi connectivity index (χ3v) is 5.02. The van der Waals surface area contributed by atoms with Crippen molar-refractivity contribution in [2.75, 3.05) is 6.54 Å². The maximum absolute atomic E-state index is 4.65. The van der Waals surface area contributed by atoms with Gasteiger partial charge in [0.2, 0.25) is 0 Å². The van der Waals surface area contributed by atoms with E-state index in [1.54, 1.807) is 0 Å². The first kappa shape index (κ1) is 15.5. The zero-order chi connectivity index (χ0) is 14.6. The monoisotopic (exact) mass is 274 g/mol. The van der Waals surface area contributed by atoms with E-state index in [0.717, 1.165) is 25.3 Å². The van der Waals surface area contributed by atoms with Crippen molar-refractivity contribution < 1.29 is 0 Å². The quantitative estimate of drug-likeness (QED) is 0.848. The summed E-state index contributed by atoms with van der Waals surface area (Å²) in [5, 5.41) is 3.72. The van der Waals surface area contributed by atoms with Crippen LogP contribution in [0.5, 0.6) is 0 Å². The van der Waals surface area contributed by atoms with Gasteiger partial charge >= 0.3 is 0 Å². The van der Waals surface area contributed by atoms with Crippen molar-refractivity contribution in [3.8, 4) is 0 Å². The van der Waals surface area contributed by atoms with Crippen LogP contribution < -0.4 is 5.32 Å². The molecule has 2 rings (SSSR count). The van der Waals surface area contributed by atoms with Crippen molar-refractivity contribution in [2.24, 2.45) is 11.3 Å².